The molecule has 0 spiro atoms. The number of aromatic nitrogens is 4. The van der Waals surface area contributed by atoms with E-state index in [0.717, 1.165) is 5.56 Å². The zero-order valence-corrected chi connectivity index (χ0v) is 10.4. The number of hydrogen-bond acceptors (Lipinski definition) is 4. The summed E-state index contributed by atoms with van der Waals surface area (Å²) < 4.78 is 0. The van der Waals surface area contributed by atoms with Crippen molar-refractivity contribution >= 4 is 5.91 Å². The number of tetrazole rings is 1. The number of benzene rings is 1. The van der Waals surface area contributed by atoms with Crippen molar-refractivity contribution in [1.82, 2.24) is 25.9 Å². The van der Waals surface area contributed by atoms with Gasteiger partial charge in [0.25, 0.3) is 0 Å². The molecule has 18 heavy (non-hydrogen) atoms. The first-order chi connectivity index (χ1) is 8.65. The predicted molar refractivity (Wildman–Crippen MR) is 65.6 cm³/mol. The second-order valence-corrected chi connectivity index (χ2v) is 4.20. The summed E-state index contributed by atoms with van der Waals surface area (Å²) >= 11 is 0. The lowest BCUT2D eigenvalue weighted by Crippen LogP contribution is -2.25. The van der Waals surface area contributed by atoms with Crippen molar-refractivity contribution in [3.63, 3.8) is 0 Å². The maximum atomic E-state index is 11.7. The molecule has 2 aromatic rings. The number of nitrogens with one attached hydrogen (secondary N) is 2. The average Bonchev–Trinajstić information content (AvgIpc) is 2.84. The minimum Gasteiger partial charge on any atom is -0.348 e. The summed E-state index contributed by atoms with van der Waals surface area (Å²) in [6.07, 6.45) is 0.360. The lowest BCUT2D eigenvalue weighted by molar-refractivity contribution is -0.120. The molecule has 1 heterocycles. The molecule has 1 aromatic heterocycles. The molecule has 6 nitrogen and oxygen atoms in total. The van der Waals surface area contributed by atoms with Gasteiger partial charge in [0, 0.05) is 0 Å². The van der Waals surface area contributed by atoms with Crippen LogP contribution in [0.25, 0.3) is 0 Å². The van der Waals surface area contributed by atoms with E-state index in [9.17, 15) is 4.79 Å². The standard InChI is InChI=1S/C12H15N5O/c1-8-3-4-10(5-9(8)2)6-12(18)13-7-11-14-16-17-15-11/h3-5H,6-7H2,1-2H3,(H,13,18)(H,14,15,16,17). The number of rotatable bonds is 4. The van der Waals surface area contributed by atoms with Crippen molar-refractivity contribution in [3.8, 4) is 0 Å². The zero-order valence-electron chi connectivity index (χ0n) is 10.4. The summed E-state index contributed by atoms with van der Waals surface area (Å²) in [6, 6.07) is 6.02. The van der Waals surface area contributed by atoms with E-state index in [1.807, 2.05) is 25.1 Å². The van der Waals surface area contributed by atoms with Gasteiger partial charge in [-0.1, -0.05) is 23.4 Å². The van der Waals surface area contributed by atoms with Crippen LogP contribution in [0.4, 0.5) is 0 Å². The van der Waals surface area contributed by atoms with E-state index in [0.29, 0.717) is 18.8 Å². The Labute approximate surface area is 105 Å². The van der Waals surface area contributed by atoms with E-state index in [4.69, 9.17) is 0 Å². The van der Waals surface area contributed by atoms with Crippen molar-refractivity contribution in [3.05, 3.63) is 40.7 Å². The lowest BCUT2D eigenvalue weighted by Gasteiger charge is -2.05. The van der Waals surface area contributed by atoms with Crippen LogP contribution in [-0.2, 0) is 17.8 Å². The van der Waals surface area contributed by atoms with Crippen molar-refractivity contribution in [2.75, 3.05) is 0 Å². The minimum absolute atomic E-state index is 0.0527. The van der Waals surface area contributed by atoms with E-state index < -0.39 is 0 Å². The van der Waals surface area contributed by atoms with Gasteiger partial charge < -0.3 is 5.32 Å². The van der Waals surface area contributed by atoms with Crippen molar-refractivity contribution in [2.45, 2.75) is 26.8 Å². The third-order valence-electron chi connectivity index (χ3n) is 2.77. The number of aromatic amines is 1. The van der Waals surface area contributed by atoms with Gasteiger partial charge in [-0.3, -0.25) is 4.79 Å². The molecule has 0 unspecified atom stereocenters. The molecule has 94 valence electrons. The van der Waals surface area contributed by atoms with Gasteiger partial charge in [0.2, 0.25) is 5.91 Å². The zero-order chi connectivity index (χ0) is 13.0. The molecular weight excluding hydrogens is 230 g/mol. The molecule has 2 N–H and O–H groups in total. The van der Waals surface area contributed by atoms with Gasteiger partial charge in [-0.2, -0.15) is 5.21 Å². The average molecular weight is 245 g/mol. The summed E-state index contributed by atoms with van der Waals surface area (Å²) in [7, 11) is 0. The van der Waals surface area contributed by atoms with E-state index in [1.54, 1.807) is 0 Å². The van der Waals surface area contributed by atoms with Gasteiger partial charge >= 0.3 is 0 Å². The molecule has 0 aliphatic heterocycles. The van der Waals surface area contributed by atoms with Crippen LogP contribution in [0, 0.1) is 13.8 Å². The summed E-state index contributed by atoms with van der Waals surface area (Å²) in [5.41, 5.74) is 3.42. The smallest absolute Gasteiger partial charge is 0.224 e. The molecule has 0 aliphatic rings. The van der Waals surface area contributed by atoms with Crippen LogP contribution in [0.3, 0.4) is 0 Å². The van der Waals surface area contributed by atoms with Gasteiger partial charge in [-0.25, -0.2) is 0 Å². The second-order valence-electron chi connectivity index (χ2n) is 4.20. The monoisotopic (exact) mass is 245 g/mol. The summed E-state index contributed by atoms with van der Waals surface area (Å²) in [5, 5.41) is 16.0. The Morgan fingerprint density at radius 1 is 1.33 bits per heavy atom. The molecule has 0 atom stereocenters. The van der Waals surface area contributed by atoms with Crippen LogP contribution >= 0.6 is 0 Å². The molecular formula is C12H15N5O. The fraction of sp³-hybridized carbons (Fsp3) is 0.333. The van der Waals surface area contributed by atoms with E-state index in [1.165, 1.54) is 11.1 Å². The fourth-order valence-electron chi connectivity index (χ4n) is 1.60. The first-order valence-corrected chi connectivity index (χ1v) is 5.70. The molecule has 1 aromatic carbocycles. The van der Waals surface area contributed by atoms with E-state index in [-0.39, 0.29) is 5.91 Å². The minimum atomic E-state index is -0.0527. The highest BCUT2D eigenvalue weighted by atomic mass is 16.1. The predicted octanol–water partition coefficient (Wildman–Crippen LogP) is 0.675. The molecule has 2 rings (SSSR count). The number of carbonyl (C=O) groups excluding carboxylic acids is 1. The number of H-pyrrole nitrogens is 1. The fourth-order valence-corrected chi connectivity index (χ4v) is 1.60. The summed E-state index contributed by atoms with van der Waals surface area (Å²) in [6.45, 7) is 4.38. The van der Waals surface area contributed by atoms with Gasteiger partial charge in [0.1, 0.15) is 0 Å². The third-order valence-corrected chi connectivity index (χ3v) is 2.77. The topological polar surface area (TPSA) is 83.6 Å². The highest BCUT2D eigenvalue weighted by Crippen LogP contribution is 2.10. The number of aryl methyl sites for hydroxylation is 2. The first-order valence-electron chi connectivity index (χ1n) is 5.70. The quantitative estimate of drug-likeness (QED) is 0.829. The maximum absolute atomic E-state index is 11.7. The molecule has 0 radical (unpaired) electrons. The highest BCUT2D eigenvalue weighted by Gasteiger charge is 2.05. The van der Waals surface area contributed by atoms with Gasteiger partial charge in [0.15, 0.2) is 5.82 Å². The van der Waals surface area contributed by atoms with Crippen LogP contribution in [0.5, 0.6) is 0 Å². The lowest BCUT2D eigenvalue weighted by atomic mass is 10.0. The first kappa shape index (κ1) is 12.2. The largest absolute Gasteiger partial charge is 0.348 e. The van der Waals surface area contributed by atoms with Crippen LogP contribution in [0.2, 0.25) is 0 Å². The molecule has 0 fully saturated rings. The Balaban J connectivity index is 1.88. The van der Waals surface area contributed by atoms with E-state index >= 15 is 0 Å². The number of hydrogen-bond donors (Lipinski definition) is 2. The third kappa shape index (κ3) is 3.13. The number of nitrogens with zero attached hydrogens (tertiary/aromatic N) is 3. The van der Waals surface area contributed by atoms with Crippen LogP contribution in [-0.4, -0.2) is 26.5 Å². The van der Waals surface area contributed by atoms with Crippen LogP contribution < -0.4 is 5.32 Å². The molecule has 0 bridgehead atoms. The van der Waals surface area contributed by atoms with Crippen molar-refractivity contribution in [1.29, 1.82) is 0 Å². The molecule has 6 heteroatoms. The summed E-state index contributed by atoms with van der Waals surface area (Å²) in [5.74, 6) is 0.423. The van der Waals surface area contributed by atoms with Gasteiger partial charge in [-0.05, 0) is 30.5 Å². The Hall–Kier alpha value is -2.24. The Kier molecular flexibility index (Phi) is 3.66. The maximum Gasteiger partial charge on any atom is 0.224 e. The normalized spacial score (nSPS) is 10.3. The Bertz CT molecular complexity index is 535. The van der Waals surface area contributed by atoms with Gasteiger partial charge in [0.05, 0.1) is 13.0 Å². The number of amides is 1. The molecule has 0 aliphatic carbocycles. The second kappa shape index (κ2) is 5.39. The highest BCUT2D eigenvalue weighted by molar-refractivity contribution is 5.78. The Morgan fingerprint density at radius 3 is 2.83 bits per heavy atom. The van der Waals surface area contributed by atoms with Crippen molar-refractivity contribution < 1.29 is 4.79 Å². The SMILES string of the molecule is Cc1ccc(CC(=O)NCc2nn[nH]n2)cc1C. The summed E-state index contributed by atoms with van der Waals surface area (Å²) in [4.78, 5) is 11.7. The molecule has 1 amide bonds. The van der Waals surface area contributed by atoms with Crippen LogP contribution in [0.1, 0.15) is 22.5 Å². The van der Waals surface area contributed by atoms with Gasteiger partial charge in [-0.15, -0.1) is 10.2 Å². The Morgan fingerprint density at radius 2 is 2.17 bits per heavy atom. The van der Waals surface area contributed by atoms with Crippen molar-refractivity contribution in [2.24, 2.45) is 0 Å². The van der Waals surface area contributed by atoms with Crippen LogP contribution in [0.15, 0.2) is 18.2 Å². The number of carbonyl (C=O) groups is 1. The molecule has 0 saturated heterocycles. The molecule has 0 saturated carbocycles. The van der Waals surface area contributed by atoms with E-state index in [2.05, 4.69) is 32.9 Å².